The van der Waals surface area contributed by atoms with Gasteiger partial charge in [-0.15, -0.1) is 11.3 Å². The number of hydrogen-bond donors (Lipinski definition) is 0. The van der Waals surface area contributed by atoms with E-state index in [1.165, 1.54) is 49.9 Å². The van der Waals surface area contributed by atoms with E-state index in [1.54, 1.807) is 7.11 Å². The van der Waals surface area contributed by atoms with Crippen LogP contribution in [0.25, 0.3) is 21.3 Å². The summed E-state index contributed by atoms with van der Waals surface area (Å²) in [5.74, 6) is 1.63. The molecule has 0 radical (unpaired) electrons. The summed E-state index contributed by atoms with van der Waals surface area (Å²) in [5.41, 5.74) is 2.08. The topological polar surface area (TPSA) is 44.1 Å². The van der Waals surface area contributed by atoms with Crippen LogP contribution in [0.1, 0.15) is 57.7 Å². The van der Waals surface area contributed by atoms with Crippen LogP contribution in [0, 0.1) is 6.92 Å². The predicted octanol–water partition coefficient (Wildman–Crippen LogP) is 6.19. The molecule has 0 unspecified atom stereocenters. The summed E-state index contributed by atoms with van der Waals surface area (Å²) in [6.07, 6.45) is 8.67. The minimum Gasteiger partial charge on any atom is -0.497 e. The first-order chi connectivity index (χ1) is 13.7. The fourth-order valence-corrected chi connectivity index (χ4v) is 4.58. The van der Waals surface area contributed by atoms with Crippen molar-refractivity contribution in [1.82, 2.24) is 9.55 Å². The molecule has 1 aromatic carbocycles. The van der Waals surface area contributed by atoms with Crippen LogP contribution >= 0.6 is 11.3 Å². The number of aromatic nitrogens is 2. The van der Waals surface area contributed by atoms with Crippen molar-refractivity contribution >= 4 is 21.6 Å². The van der Waals surface area contributed by atoms with Gasteiger partial charge < -0.3 is 4.74 Å². The number of thiophene rings is 1. The summed E-state index contributed by atoms with van der Waals surface area (Å²) in [6, 6.07) is 7.86. The highest BCUT2D eigenvalue weighted by molar-refractivity contribution is 7.17. The van der Waals surface area contributed by atoms with Crippen LogP contribution in [0.4, 0.5) is 0 Å². The summed E-state index contributed by atoms with van der Waals surface area (Å²) >= 11 is 1.54. The minimum absolute atomic E-state index is 0.0838. The Morgan fingerprint density at radius 1 is 1.04 bits per heavy atom. The summed E-state index contributed by atoms with van der Waals surface area (Å²) in [6.45, 7) is 4.93. The van der Waals surface area contributed by atoms with Crippen LogP contribution < -0.4 is 10.3 Å². The van der Waals surface area contributed by atoms with Crippen molar-refractivity contribution < 1.29 is 4.74 Å². The Labute approximate surface area is 171 Å². The van der Waals surface area contributed by atoms with Crippen LogP contribution in [0.15, 0.2) is 34.4 Å². The normalized spacial score (nSPS) is 11.2. The summed E-state index contributed by atoms with van der Waals surface area (Å²) in [5, 5.41) is 2.78. The Balaban J connectivity index is 1.79. The molecule has 3 aromatic rings. The number of nitrogens with zero attached hydrogens (tertiary/aromatic N) is 2. The second kappa shape index (κ2) is 9.87. The average molecular weight is 399 g/mol. The van der Waals surface area contributed by atoms with E-state index in [-0.39, 0.29) is 5.56 Å². The zero-order valence-electron chi connectivity index (χ0n) is 17.2. The Hall–Kier alpha value is -2.14. The molecule has 0 fully saturated rings. The lowest BCUT2D eigenvalue weighted by Crippen LogP contribution is -2.23. The summed E-state index contributed by atoms with van der Waals surface area (Å²) < 4.78 is 7.10. The van der Waals surface area contributed by atoms with E-state index in [0.29, 0.717) is 0 Å². The van der Waals surface area contributed by atoms with Gasteiger partial charge in [0.05, 0.1) is 12.5 Å². The van der Waals surface area contributed by atoms with Crippen LogP contribution in [-0.2, 0) is 6.54 Å². The van der Waals surface area contributed by atoms with E-state index in [1.807, 2.05) is 41.1 Å². The van der Waals surface area contributed by atoms with Crippen molar-refractivity contribution in [2.75, 3.05) is 7.11 Å². The molecule has 0 N–H and O–H groups in total. The SMILES string of the molecule is CCCCCCCCCn1c(C)nc2scc(-c3ccc(OC)cc3)c2c1=O. The zero-order valence-corrected chi connectivity index (χ0v) is 18.0. The highest BCUT2D eigenvalue weighted by atomic mass is 32.1. The van der Waals surface area contributed by atoms with Gasteiger partial charge in [0.2, 0.25) is 0 Å². The van der Waals surface area contributed by atoms with E-state index >= 15 is 0 Å². The van der Waals surface area contributed by atoms with Gasteiger partial charge in [0, 0.05) is 17.5 Å². The van der Waals surface area contributed by atoms with Gasteiger partial charge in [0.25, 0.3) is 5.56 Å². The van der Waals surface area contributed by atoms with Crippen molar-refractivity contribution in [1.29, 1.82) is 0 Å². The molecule has 0 atom stereocenters. The first-order valence-corrected chi connectivity index (χ1v) is 11.2. The first kappa shape index (κ1) is 20.6. The van der Waals surface area contributed by atoms with Crippen LogP contribution in [0.5, 0.6) is 5.75 Å². The minimum atomic E-state index is 0.0838. The standard InChI is InChI=1S/C23H30N2O2S/c1-4-5-6-7-8-9-10-15-25-17(2)24-22-21(23(25)26)20(16-28-22)18-11-13-19(27-3)14-12-18/h11-14,16H,4-10,15H2,1-3H3. The maximum Gasteiger partial charge on any atom is 0.262 e. The lowest BCUT2D eigenvalue weighted by molar-refractivity contribution is 0.415. The predicted molar refractivity (Wildman–Crippen MR) is 119 cm³/mol. The molecule has 4 nitrogen and oxygen atoms in total. The van der Waals surface area contributed by atoms with E-state index < -0.39 is 0 Å². The molecule has 3 rings (SSSR count). The summed E-state index contributed by atoms with van der Waals surface area (Å²) in [4.78, 5) is 18.8. The van der Waals surface area contributed by atoms with E-state index in [0.717, 1.165) is 45.9 Å². The molecule has 5 heteroatoms. The lowest BCUT2D eigenvalue weighted by Gasteiger charge is -2.10. The largest absolute Gasteiger partial charge is 0.497 e. The van der Waals surface area contributed by atoms with Crippen molar-refractivity contribution in [2.45, 2.75) is 65.3 Å². The molecule has 150 valence electrons. The zero-order chi connectivity index (χ0) is 19.9. The van der Waals surface area contributed by atoms with Crippen LogP contribution in [0.2, 0.25) is 0 Å². The highest BCUT2D eigenvalue weighted by Crippen LogP contribution is 2.32. The maximum atomic E-state index is 13.2. The molecule has 0 bridgehead atoms. The molecular weight excluding hydrogens is 368 g/mol. The van der Waals surface area contributed by atoms with Gasteiger partial charge in [-0.3, -0.25) is 9.36 Å². The number of fused-ring (bicyclic) bond motifs is 1. The number of methoxy groups -OCH3 is 1. The summed E-state index contributed by atoms with van der Waals surface area (Å²) in [7, 11) is 1.66. The number of hydrogen-bond acceptors (Lipinski definition) is 4. The second-order valence-electron chi connectivity index (χ2n) is 7.30. The molecule has 28 heavy (non-hydrogen) atoms. The monoisotopic (exact) mass is 398 g/mol. The fraction of sp³-hybridized carbons (Fsp3) is 0.478. The third kappa shape index (κ3) is 4.64. The lowest BCUT2D eigenvalue weighted by atomic mass is 10.1. The van der Waals surface area contributed by atoms with Crippen LogP contribution in [-0.4, -0.2) is 16.7 Å². The second-order valence-corrected chi connectivity index (χ2v) is 8.15. The third-order valence-corrected chi connectivity index (χ3v) is 6.14. The number of ether oxygens (including phenoxy) is 1. The number of aryl methyl sites for hydroxylation is 1. The smallest absolute Gasteiger partial charge is 0.262 e. The highest BCUT2D eigenvalue weighted by Gasteiger charge is 2.15. The molecule has 2 heterocycles. The van der Waals surface area contributed by atoms with Crippen molar-refractivity contribution in [2.24, 2.45) is 0 Å². The number of unbranched alkanes of at least 4 members (excludes halogenated alkanes) is 6. The third-order valence-electron chi connectivity index (χ3n) is 5.27. The quantitative estimate of drug-likeness (QED) is 0.382. The van der Waals surface area contributed by atoms with Crippen LogP contribution in [0.3, 0.4) is 0 Å². The molecular formula is C23H30N2O2S. The van der Waals surface area contributed by atoms with Gasteiger partial charge in [-0.25, -0.2) is 4.98 Å². The van der Waals surface area contributed by atoms with Gasteiger partial charge in [0.1, 0.15) is 16.4 Å². The van der Waals surface area contributed by atoms with E-state index in [4.69, 9.17) is 9.72 Å². The van der Waals surface area contributed by atoms with Crippen molar-refractivity contribution in [3.63, 3.8) is 0 Å². The Kier molecular flexibility index (Phi) is 7.26. The molecule has 0 amide bonds. The van der Waals surface area contributed by atoms with Crippen molar-refractivity contribution in [3.8, 4) is 16.9 Å². The Morgan fingerprint density at radius 3 is 2.39 bits per heavy atom. The van der Waals surface area contributed by atoms with E-state index in [2.05, 4.69) is 6.92 Å². The first-order valence-electron chi connectivity index (χ1n) is 10.3. The van der Waals surface area contributed by atoms with Gasteiger partial charge >= 0.3 is 0 Å². The molecule has 0 saturated carbocycles. The van der Waals surface area contributed by atoms with Gasteiger partial charge in [-0.2, -0.15) is 0 Å². The van der Waals surface area contributed by atoms with E-state index in [9.17, 15) is 4.79 Å². The van der Waals surface area contributed by atoms with Crippen molar-refractivity contribution in [3.05, 3.63) is 45.8 Å². The molecule has 0 spiro atoms. The van der Waals surface area contributed by atoms with Gasteiger partial charge in [-0.05, 0) is 31.0 Å². The number of rotatable bonds is 10. The molecule has 2 aromatic heterocycles. The molecule has 0 saturated heterocycles. The maximum absolute atomic E-state index is 13.2. The Morgan fingerprint density at radius 2 is 1.71 bits per heavy atom. The van der Waals surface area contributed by atoms with Gasteiger partial charge in [0.15, 0.2) is 0 Å². The van der Waals surface area contributed by atoms with Gasteiger partial charge in [-0.1, -0.05) is 57.6 Å². The molecule has 0 aliphatic heterocycles. The number of benzene rings is 1. The molecule has 0 aliphatic carbocycles. The fourth-order valence-electron chi connectivity index (χ4n) is 3.60. The Bertz CT molecular complexity index is 957. The average Bonchev–Trinajstić information content (AvgIpc) is 3.13. The molecule has 0 aliphatic rings.